The molecule has 7 aliphatic rings. The normalized spacial score (nSPS) is 34.2. The number of halogens is 1. The maximum atomic E-state index is 13.2. The molecule has 2 spiro atoms. The number of amides is 3. The molecule has 3 amide bonds. The zero-order valence-corrected chi connectivity index (χ0v) is 29.1. The van der Waals surface area contributed by atoms with E-state index in [1.807, 2.05) is 24.3 Å². The van der Waals surface area contributed by atoms with E-state index in [-0.39, 0.29) is 53.1 Å². The van der Waals surface area contributed by atoms with Gasteiger partial charge in [0.25, 0.3) is 5.91 Å². The fourth-order valence-corrected chi connectivity index (χ4v) is 10.1. The minimum atomic E-state index is -0.812. The number of ether oxygens (including phenoxy) is 2. The topological polar surface area (TPSA) is 141 Å². The third-order valence-electron chi connectivity index (χ3n) is 12.4. The molecule has 0 aromatic heterocycles. The van der Waals surface area contributed by atoms with Crippen molar-refractivity contribution in [1.82, 2.24) is 15.5 Å². The number of hydrogen-bond donors (Lipinski definition) is 3. The number of likely N-dealkylation sites (tertiary alicyclic amines) is 1. The van der Waals surface area contributed by atoms with Gasteiger partial charge < -0.3 is 30.7 Å². The molecule has 51 heavy (non-hydrogen) atoms. The number of piperidine rings is 1. The van der Waals surface area contributed by atoms with Crippen LogP contribution in [0.3, 0.4) is 0 Å². The van der Waals surface area contributed by atoms with E-state index in [9.17, 15) is 18.8 Å². The van der Waals surface area contributed by atoms with Crippen molar-refractivity contribution < 1.29 is 38.0 Å². The highest BCUT2D eigenvalue weighted by Crippen LogP contribution is 2.65. The summed E-state index contributed by atoms with van der Waals surface area (Å²) in [5.74, 6) is -0.774. The van der Waals surface area contributed by atoms with Gasteiger partial charge in [-0.2, -0.15) is 9.78 Å². The van der Waals surface area contributed by atoms with E-state index in [1.165, 1.54) is 24.3 Å². The van der Waals surface area contributed by atoms with Crippen LogP contribution in [0.25, 0.3) is 0 Å². The first kappa shape index (κ1) is 34.5. The molecule has 4 N–H and O–H groups in total. The van der Waals surface area contributed by atoms with E-state index in [4.69, 9.17) is 25.0 Å². The number of rotatable bonds is 8. The van der Waals surface area contributed by atoms with E-state index >= 15 is 0 Å². The van der Waals surface area contributed by atoms with Gasteiger partial charge in [0.1, 0.15) is 11.6 Å². The van der Waals surface area contributed by atoms with Crippen LogP contribution in [0.5, 0.6) is 5.75 Å². The Balaban J connectivity index is 0.845. The number of nitrogens with zero attached hydrogens (tertiary/aromatic N) is 1. The largest absolute Gasteiger partial charge is 0.415 e. The minimum Gasteiger partial charge on any atom is -0.410 e. The lowest BCUT2D eigenvalue weighted by Crippen LogP contribution is -2.69. The summed E-state index contributed by atoms with van der Waals surface area (Å²) in [5, 5.41) is 6.23. The molecule has 2 aromatic rings. The Morgan fingerprint density at radius 1 is 0.922 bits per heavy atom. The van der Waals surface area contributed by atoms with Crippen LogP contribution in [-0.2, 0) is 19.3 Å². The van der Waals surface area contributed by atoms with Gasteiger partial charge in [0, 0.05) is 67.9 Å². The van der Waals surface area contributed by atoms with Gasteiger partial charge in [-0.15, -0.1) is 0 Å². The van der Waals surface area contributed by atoms with Crippen molar-refractivity contribution in [2.45, 2.75) is 113 Å². The zero-order chi connectivity index (χ0) is 35.2. The molecular weight excluding hydrogens is 655 g/mol. The summed E-state index contributed by atoms with van der Waals surface area (Å²) in [5.41, 5.74) is 7.25. The lowest BCUT2D eigenvalue weighted by Gasteiger charge is -2.62. The molecule has 5 aliphatic carbocycles. The quantitative estimate of drug-likeness (QED) is 0.236. The Labute approximate surface area is 298 Å². The van der Waals surface area contributed by atoms with Gasteiger partial charge in [-0.1, -0.05) is 12.1 Å². The molecule has 9 rings (SSSR count). The number of benzene rings is 2. The predicted octanol–water partition coefficient (Wildman–Crippen LogP) is 5.68. The van der Waals surface area contributed by atoms with Crippen LogP contribution in [0.15, 0.2) is 48.5 Å². The highest BCUT2D eigenvalue weighted by atomic mass is 19.1. The Bertz CT molecular complexity index is 1600. The minimum absolute atomic E-state index is 0.00449. The molecule has 3 unspecified atom stereocenters. The average Bonchev–Trinajstić information content (AvgIpc) is 3.48. The van der Waals surface area contributed by atoms with Crippen molar-refractivity contribution in [2.75, 3.05) is 19.6 Å². The maximum absolute atomic E-state index is 13.2. The Morgan fingerprint density at radius 2 is 1.65 bits per heavy atom. The molecule has 0 radical (unpaired) electrons. The smallest absolute Gasteiger partial charge is 0.410 e. The fourth-order valence-electron chi connectivity index (χ4n) is 10.1. The lowest BCUT2D eigenvalue weighted by molar-refractivity contribution is -0.391. The summed E-state index contributed by atoms with van der Waals surface area (Å²) in [7, 11) is 0. The highest BCUT2D eigenvalue weighted by molar-refractivity contribution is 5.94. The van der Waals surface area contributed by atoms with Crippen molar-refractivity contribution in [3.05, 3.63) is 65.5 Å². The summed E-state index contributed by atoms with van der Waals surface area (Å²) in [6, 6.07) is 13.4. The first-order valence-electron chi connectivity index (χ1n) is 18.9. The van der Waals surface area contributed by atoms with Crippen LogP contribution in [0.2, 0.25) is 0 Å². The fraction of sp³-hybridized carbons (Fsp3) is 0.615. The van der Waals surface area contributed by atoms with Crippen molar-refractivity contribution in [2.24, 2.45) is 23.5 Å². The van der Waals surface area contributed by atoms with Crippen LogP contribution in [-0.4, -0.2) is 65.6 Å². The molecular formula is C39H49FN4O7. The molecule has 2 heterocycles. The van der Waals surface area contributed by atoms with E-state index in [0.29, 0.717) is 56.1 Å². The number of nitrogens with two attached hydrogens (primary N) is 1. The van der Waals surface area contributed by atoms with Crippen LogP contribution >= 0.6 is 0 Å². The molecule has 2 aliphatic heterocycles. The first-order valence-corrected chi connectivity index (χ1v) is 18.9. The molecule has 2 saturated heterocycles. The standard InChI is InChI=1S/C39H49FN4O7/c40-31-9-5-27(6-10-31)35(46)42-16-2-4-34(45)43-37-21-25-19-29(23-37)39(30(20-25)24-37)49-38(50-51-39)15-1-3-28(22-38)26-7-11-33(12-8-26)48-36(47)44-17-13-32(41)14-18-44/h5-12,25,28-30,32H,1-4,13-24,41H2,(H,42,46)(H,43,45)/t25?,28-,29-,30+,37?,38-,39?/m1/s1. The molecule has 7 atom stereocenters. The number of carbonyl (C=O) groups is 3. The van der Waals surface area contributed by atoms with Gasteiger partial charge in [0.15, 0.2) is 0 Å². The van der Waals surface area contributed by atoms with E-state index in [0.717, 1.165) is 69.8 Å². The third-order valence-corrected chi connectivity index (χ3v) is 12.4. The highest BCUT2D eigenvalue weighted by Gasteiger charge is 2.70. The van der Waals surface area contributed by atoms with Crippen LogP contribution in [0.1, 0.15) is 105 Å². The summed E-state index contributed by atoms with van der Waals surface area (Å²) in [6.07, 6.45) is 10.0. The van der Waals surface area contributed by atoms with Gasteiger partial charge in [0.05, 0.1) is 0 Å². The predicted molar refractivity (Wildman–Crippen MR) is 184 cm³/mol. The SMILES string of the molecule is NC1CCN(C(=O)Oc2ccc([C@@H]3CCC[C@]4(C3)OOC3(O4)[C@@H]4CC5C[C@H]3CC(NC(=O)CCCNC(=O)c3ccc(F)cc3)(C5)C4)cc2)CC1. The van der Waals surface area contributed by atoms with E-state index < -0.39 is 11.6 Å². The third kappa shape index (κ3) is 7.00. The van der Waals surface area contributed by atoms with Gasteiger partial charge in [-0.05, 0) is 118 Å². The summed E-state index contributed by atoms with van der Waals surface area (Å²) < 4.78 is 25.9. The summed E-state index contributed by atoms with van der Waals surface area (Å²) >= 11 is 0. The monoisotopic (exact) mass is 704 g/mol. The molecule has 2 aromatic carbocycles. The van der Waals surface area contributed by atoms with Gasteiger partial charge >= 0.3 is 6.09 Å². The molecule has 274 valence electrons. The average molecular weight is 705 g/mol. The molecule has 7 fully saturated rings. The summed E-state index contributed by atoms with van der Waals surface area (Å²) in [6.45, 7) is 1.60. The van der Waals surface area contributed by atoms with Crippen molar-refractivity contribution in [1.29, 1.82) is 0 Å². The Morgan fingerprint density at radius 3 is 2.37 bits per heavy atom. The Hall–Kier alpha value is -3.58. The van der Waals surface area contributed by atoms with Gasteiger partial charge in [0.2, 0.25) is 17.5 Å². The lowest BCUT2D eigenvalue weighted by atomic mass is 9.50. The number of hydrogen-bond acceptors (Lipinski definition) is 8. The second-order valence-corrected chi connectivity index (χ2v) is 16.0. The molecule has 4 bridgehead atoms. The second-order valence-electron chi connectivity index (χ2n) is 16.0. The molecule has 5 saturated carbocycles. The molecule has 12 heteroatoms. The van der Waals surface area contributed by atoms with Gasteiger partial charge in [-0.25, -0.2) is 9.18 Å². The van der Waals surface area contributed by atoms with Crippen LogP contribution in [0.4, 0.5) is 9.18 Å². The number of nitrogens with one attached hydrogen (secondary N) is 2. The van der Waals surface area contributed by atoms with Crippen LogP contribution < -0.4 is 21.1 Å². The van der Waals surface area contributed by atoms with Gasteiger partial charge in [-0.3, -0.25) is 9.59 Å². The van der Waals surface area contributed by atoms with Crippen molar-refractivity contribution in [3.63, 3.8) is 0 Å². The zero-order valence-electron chi connectivity index (χ0n) is 29.1. The van der Waals surface area contributed by atoms with Crippen LogP contribution in [0, 0.1) is 23.6 Å². The molecule has 11 nitrogen and oxygen atoms in total. The van der Waals surface area contributed by atoms with Crippen molar-refractivity contribution in [3.8, 4) is 5.75 Å². The van der Waals surface area contributed by atoms with E-state index in [2.05, 4.69) is 10.6 Å². The van der Waals surface area contributed by atoms with Crippen molar-refractivity contribution >= 4 is 17.9 Å². The van der Waals surface area contributed by atoms with E-state index in [1.54, 1.807) is 4.90 Å². The summed E-state index contributed by atoms with van der Waals surface area (Å²) in [4.78, 5) is 52.5. The first-order chi connectivity index (χ1) is 24.6. The second kappa shape index (κ2) is 13.8. The number of carbonyl (C=O) groups excluding carboxylic acids is 3. The Kier molecular flexibility index (Phi) is 9.31. The maximum Gasteiger partial charge on any atom is 0.415 e.